The number of anilines is 1. The lowest BCUT2D eigenvalue weighted by Crippen LogP contribution is -2.30. The number of hydrogen-bond acceptors (Lipinski definition) is 4. The molecule has 98 valence electrons. The van der Waals surface area contributed by atoms with Gasteiger partial charge in [-0.1, -0.05) is 0 Å². The molecule has 1 fully saturated rings. The summed E-state index contributed by atoms with van der Waals surface area (Å²) < 4.78 is 40.5. The highest BCUT2D eigenvalue weighted by Crippen LogP contribution is 2.42. The maximum atomic E-state index is 12.0. The van der Waals surface area contributed by atoms with Gasteiger partial charge in [-0.05, 0) is 12.8 Å². The van der Waals surface area contributed by atoms with E-state index in [-0.39, 0.29) is 11.6 Å². The highest BCUT2D eigenvalue weighted by atomic mass is 19.4. The maximum Gasteiger partial charge on any atom is 0.471 e. The zero-order valence-corrected chi connectivity index (χ0v) is 8.74. The van der Waals surface area contributed by atoms with Crippen LogP contribution in [0, 0.1) is 0 Å². The van der Waals surface area contributed by atoms with Crippen LogP contribution in [-0.2, 0) is 4.79 Å². The van der Waals surface area contributed by atoms with Crippen molar-refractivity contribution in [2.24, 2.45) is 0 Å². The quantitative estimate of drug-likeness (QED) is 0.867. The van der Waals surface area contributed by atoms with Gasteiger partial charge < -0.3 is 9.52 Å². The molecular weight excluding hydrogens is 257 g/mol. The molecule has 1 aromatic rings. The molecule has 2 N–H and O–H groups in total. The Kier molecular flexibility index (Phi) is 2.76. The topological polar surface area (TPSA) is 92.4 Å². The molecule has 0 aliphatic heterocycles. The van der Waals surface area contributed by atoms with Crippen molar-refractivity contribution >= 4 is 17.9 Å². The Morgan fingerprint density at radius 3 is 2.44 bits per heavy atom. The van der Waals surface area contributed by atoms with E-state index < -0.39 is 29.8 Å². The summed E-state index contributed by atoms with van der Waals surface area (Å²) in [5.74, 6) is -4.36. The van der Waals surface area contributed by atoms with Crippen molar-refractivity contribution in [3.63, 3.8) is 0 Å². The standard InChI is InChI=1S/C9H7F3N2O4/c10-9(11,12)7(17)14-8-13-4(3-1-2-3)5(18-8)6(15)16/h3H,1-2H2,(H,15,16)(H,13,14,17). The summed E-state index contributed by atoms with van der Waals surface area (Å²) in [6, 6.07) is -0.753. The molecule has 1 aliphatic carbocycles. The number of nitrogens with one attached hydrogen (secondary N) is 1. The lowest BCUT2D eigenvalue weighted by molar-refractivity contribution is -0.167. The smallest absolute Gasteiger partial charge is 0.471 e. The number of aromatic nitrogens is 1. The number of aromatic carboxylic acids is 1. The van der Waals surface area contributed by atoms with E-state index in [1.165, 1.54) is 5.32 Å². The molecule has 1 amide bonds. The first-order chi connectivity index (χ1) is 8.29. The molecule has 18 heavy (non-hydrogen) atoms. The van der Waals surface area contributed by atoms with Crippen LogP contribution in [-0.4, -0.2) is 28.1 Å². The molecule has 0 aromatic carbocycles. The number of amides is 1. The van der Waals surface area contributed by atoms with Crippen molar-refractivity contribution in [2.45, 2.75) is 24.9 Å². The summed E-state index contributed by atoms with van der Waals surface area (Å²) in [5, 5.41) is 10.2. The minimum atomic E-state index is -5.09. The van der Waals surface area contributed by atoms with Crippen LogP contribution in [0.2, 0.25) is 0 Å². The molecule has 0 atom stereocenters. The number of nitrogens with zero attached hydrogens (tertiary/aromatic N) is 1. The average molecular weight is 264 g/mol. The van der Waals surface area contributed by atoms with Crippen LogP contribution in [0.15, 0.2) is 4.42 Å². The zero-order chi connectivity index (χ0) is 13.5. The van der Waals surface area contributed by atoms with Crippen LogP contribution in [0.5, 0.6) is 0 Å². The highest BCUT2D eigenvalue weighted by molar-refractivity contribution is 5.94. The van der Waals surface area contributed by atoms with Crippen molar-refractivity contribution in [2.75, 3.05) is 5.32 Å². The third kappa shape index (κ3) is 2.44. The summed E-state index contributed by atoms with van der Waals surface area (Å²) in [5.41, 5.74) is 0.0694. The summed E-state index contributed by atoms with van der Waals surface area (Å²) >= 11 is 0. The van der Waals surface area contributed by atoms with Crippen LogP contribution in [0.25, 0.3) is 0 Å². The van der Waals surface area contributed by atoms with Crippen molar-refractivity contribution in [3.05, 3.63) is 11.5 Å². The lowest BCUT2D eigenvalue weighted by atomic mass is 10.2. The van der Waals surface area contributed by atoms with Gasteiger partial charge in [0, 0.05) is 5.92 Å². The van der Waals surface area contributed by atoms with Crippen LogP contribution in [0.4, 0.5) is 19.2 Å². The second kappa shape index (κ2) is 4.00. The minimum absolute atomic E-state index is 0.0694. The van der Waals surface area contributed by atoms with Gasteiger partial charge in [-0.15, -0.1) is 0 Å². The van der Waals surface area contributed by atoms with Gasteiger partial charge in [0.15, 0.2) is 0 Å². The lowest BCUT2D eigenvalue weighted by Gasteiger charge is -2.03. The number of halogens is 3. The molecule has 0 spiro atoms. The molecule has 1 aromatic heterocycles. The van der Waals surface area contributed by atoms with E-state index in [0.717, 1.165) is 0 Å². The molecule has 1 aliphatic rings. The Bertz CT molecular complexity index is 504. The number of alkyl halides is 3. The van der Waals surface area contributed by atoms with Gasteiger partial charge in [-0.3, -0.25) is 10.1 Å². The SMILES string of the molecule is O=C(O)c1oc(NC(=O)C(F)(F)F)nc1C1CC1. The van der Waals surface area contributed by atoms with E-state index >= 15 is 0 Å². The number of carbonyl (C=O) groups excluding carboxylic acids is 1. The molecular formula is C9H7F3N2O4. The van der Waals surface area contributed by atoms with Gasteiger partial charge in [-0.2, -0.15) is 18.2 Å². The predicted molar refractivity (Wildman–Crippen MR) is 50.1 cm³/mol. The molecule has 1 saturated carbocycles. The van der Waals surface area contributed by atoms with E-state index in [2.05, 4.69) is 9.40 Å². The van der Waals surface area contributed by atoms with Crippen molar-refractivity contribution in [1.82, 2.24) is 4.98 Å². The van der Waals surface area contributed by atoms with Crippen LogP contribution in [0.3, 0.4) is 0 Å². The average Bonchev–Trinajstić information content (AvgIpc) is 2.98. The molecule has 2 rings (SSSR count). The van der Waals surface area contributed by atoms with E-state index in [1.54, 1.807) is 0 Å². The zero-order valence-electron chi connectivity index (χ0n) is 8.74. The monoisotopic (exact) mass is 264 g/mol. The van der Waals surface area contributed by atoms with Crippen LogP contribution in [0.1, 0.15) is 35.0 Å². The van der Waals surface area contributed by atoms with Gasteiger partial charge in [-0.25, -0.2) is 4.79 Å². The molecule has 0 unspecified atom stereocenters. The first kappa shape index (κ1) is 12.4. The number of carboxylic acid groups (broad SMARTS) is 1. The van der Waals surface area contributed by atoms with Gasteiger partial charge in [0.1, 0.15) is 0 Å². The third-order valence-electron chi connectivity index (χ3n) is 2.29. The van der Waals surface area contributed by atoms with Gasteiger partial charge in [0.2, 0.25) is 5.76 Å². The maximum absolute atomic E-state index is 12.0. The molecule has 6 nitrogen and oxygen atoms in total. The van der Waals surface area contributed by atoms with Gasteiger partial charge >= 0.3 is 24.1 Å². The van der Waals surface area contributed by atoms with Crippen molar-refractivity contribution < 1.29 is 32.3 Å². The second-order valence-corrected chi connectivity index (χ2v) is 3.76. The Morgan fingerprint density at radius 1 is 1.39 bits per heavy atom. The van der Waals surface area contributed by atoms with Crippen molar-refractivity contribution in [1.29, 1.82) is 0 Å². The Morgan fingerprint density at radius 2 is 2.00 bits per heavy atom. The Balaban J connectivity index is 2.22. The van der Waals surface area contributed by atoms with E-state index in [4.69, 9.17) is 5.11 Å². The Labute approximate surface area is 97.8 Å². The molecule has 0 radical (unpaired) electrons. The van der Waals surface area contributed by atoms with Crippen molar-refractivity contribution in [3.8, 4) is 0 Å². The largest absolute Gasteiger partial charge is 0.475 e. The number of hydrogen-bond donors (Lipinski definition) is 2. The minimum Gasteiger partial charge on any atom is -0.475 e. The summed E-state index contributed by atoms with van der Waals surface area (Å²) in [4.78, 5) is 25.0. The molecule has 0 saturated heterocycles. The van der Waals surface area contributed by atoms with E-state index in [1.807, 2.05) is 0 Å². The summed E-state index contributed by atoms with van der Waals surface area (Å²) in [6.07, 6.45) is -3.70. The first-order valence-electron chi connectivity index (χ1n) is 4.91. The van der Waals surface area contributed by atoms with Crippen LogP contribution >= 0.6 is 0 Å². The molecule has 9 heteroatoms. The molecule has 0 bridgehead atoms. The fourth-order valence-corrected chi connectivity index (χ4v) is 1.34. The second-order valence-electron chi connectivity index (χ2n) is 3.76. The van der Waals surface area contributed by atoms with E-state index in [9.17, 15) is 22.8 Å². The van der Waals surface area contributed by atoms with Gasteiger partial charge in [0.05, 0.1) is 5.69 Å². The Hall–Kier alpha value is -2.06. The van der Waals surface area contributed by atoms with E-state index in [0.29, 0.717) is 12.8 Å². The normalized spacial score (nSPS) is 15.5. The third-order valence-corrected chi connectivity index (χ3v) is 2.29. The number of carbonyl (C=O) groups is 2. The predicted octanol–water partition coefficient (Wildman–Crippen LogP) is 1.75. The number of rotatable bonds is 3. The fourth-order valence-electron chi connectivity index (χ4n) is 1.34. The summed E-state index contributed by atoms with van der Waals surface area (Å²) in [7, 11) is 0. The first-order valence-corrected chi connectivity index (χ1v) is 4.91. The van der Waals surface area contributed by atoms with Crippen LogP contribution < -0.4 is 5.32 Å². The number of oxazole rings is 1. The molecule has 1 heterocycles. The summed E-state index contributed by atoms with van der Waals surface area (Å²) in [6.45, 7) is 0. The van der Waals surface area contributed by atoms with Gasteiger partial charge in [0.25, 0.3) is 0 Å². The highest BCUT2D eigenvalue weighted by Gasteiger charge is 2.40. The fraction of sp³-hybridized carbons (Fsp3) is 0.444. The number of carboxylic acids is 1.